The van der Waals surface area contributed by atoms with Gasteiger partial charge in [0.2, 0.25) is 0 Å². The Morgan fingerprint density at radius 2 is 1.80 bits per heavy atom. The highest BCUT2D eigenvalue weighted by Crippen LogP contribution is 2.30. The molecule has 0 spiro atoms. The monoisotopic (exact) mass is 269 g/mol. The Balaban J connectivity index is 1.82. The number of fused-ring (bicyclic) bond motifs is 1. The minimum absolute atomic E-state index is 0.0637. The van der Waals surface area contributed by atoms with Crippen LogP contribution in [-0.2, 0) is 13.0 Å². The molecule has 0 radical (unpaired) electrons. The van der Waals surface area contributed by atoms with Crippen LogP contribution in [0.2, 0.25) is 0 Å². The van der Waals surface area contributed by atoms with Crippen LogP contribution < -0.4 is 0 Å². The summed E-state index contributed by atoms with van der Waals surface area (Å²) in [7, 11) is 0. The lowest BCUT2D eigenvalue weighted by molar-refractivity contribution is 0.108. The molecule has 1 heterocycles. The van der Waals surface area contributed by atoms with E-state index in [1.807, 2.05) is 18.2 Å². The first-order valence-electron chi connectivity index (χ1n) is 6.98. The zero-order valence-electron chi connectivity index (χ0n) is 11.4. The van der Waals surface area contributed by atoms with Gasteiger partial charge in [0.25, 0.3) is 0 Å². The van der Waals surface area contributed by atoms with Gasteiger partial charge in [0.15, 0.2) is 0 Å². The number of hydrogen-bond donors (Lipinski definition) is 2. The molecule has 1 aliphatic rings. The molecule has 0 bridgehead atoms. The van der Waals surface area contributed by atoms with E-state index in [0.29, 0.717) is 0 Å². The number of phenols is 1. The molecule has 0 aromatic heterocycles. The normalized spacial score (nSPS) is 18.8. The van der Waals surface area contributed by atoms with E-state index in [4.69, 9.17) is 0 Å². The molecule has 0 aliphatic carbocycles. The second kappa shape index (κ2) is 5.65. The molecule has 104 valence electrons. The van der Waals surface area contributed by atoms with Crippen molar-refractivity contribution >= 4 is 0 Å². The average molecular weight is 269 g/mol. The van der Waals surface area contributed by atoms with Crippen LogP contribution in [0.15, 0.2) is 48.5 Å². The number of aromatic hydroxyl groups is 1. The summed E-state index contributed by atoms with van der Waals surface area (Å²) in [4.78, 5) is 2.30. The summed E-state index contributed by atoms with van der Waals surface area (Å²) in [6, 6.07) is 15.7. The lowest BCUT2D eigenvalue weighted by Gasteiger charge is -2.36. The van der Waals surface area contributed by atoms with E-state index < -0.39 is 0 Å². The van der Waals surface area contributed by atoms with Crippen molar-refractivity contribution in [2.24, 2.45) is 0 Å². The first kappa shape index (κ1) is 13.2. The summed E-state index contributed by atoms with van der Waals surface area (Å²) >= 11 is 0. The van der Waals surface area contributed by atoms with E-state index in [1.54, 1.807) is 12.1 Å². The molecule has 2 aromatic carbocycles. The molecule has 0 fully saturated rings. The van der Waals surface area contributed by atoms with Gasteiger partial charge in [-0.3, -0.25) is 4.90 Å². The average Bonchev–Trinajstić information content (AvgIpc) is 2.49. The van der Waals surface area contributed by atoms with E-state index in [0.717, 1.165) is 25.1 Å². The van der Waals surface area contributed by atoms with Crippen molar-refractivity contribution < 1.29 is 10.2 Å². The fraction of sp³-hybridized carbons (Fsp3) is 0.294. The number of nitrogens with zero attached hydrogens (tertiary/aromatic N) is 1. The molecule has 1 aliphatic heterocycles. The summed E-state index contributed by atoms with van der Waals surface area (Å²) < 4.78 is 0. The second-order valence-electron chi connectivity index (χ2n) is 5.28. The fourth-order valence-corrected chi connectivity index (χ4v) is 2.94. The highest BCUT2D eigenvalue weighted by molar-refractivity contribution is 5.33. The summed E-state index contributed by atoms with van der Waals surface area (Å²) in [6.07, 6.45) is 1.02. The number of aliphatic hydroxyl groups excluding tert-OH is 1. The number of hydrogen-bond acceptors (Lipinski definition) is 3. The van der Waals surface area contributed by atoms with Crippen LogP contribution in [-0.4, -0.2) is 28.3 Å². The van der Waals surface area contributed by atoms with Gasteiger partial charge in [-0.15, -0.1) is 0 Å². The van der Waals surface area contributed by atoms with Crippen LogP contribution in [0, 0.1) is 0 Å². The maximum Gasteiger partial charge on any atom is 0.115 e. The van der Waals surface area contributed by atoms with Gasteiger partial charge in [-0.1, -0.05) is 36.4 Å². The maximum absolute atomic E-state index is 9.75. The van der Waals surface area contributed by atoms with Gasteiger partial charge < -0.3 is 10.2 Å². The van der Waals surface area contributed by atoms with Crippen LogP contribution >= 0.6 is 0 Å². The Hall–Kier alpha value is -1.84. The Labute approximate surface area is 119 Å². The Kier molecular flexibility index (Phi) is 3.72. The predicted molar refractivity (Wildman–Crippen MR) is 78.5 cm³/mol. The third kappa shape index (κ3) is 2.55. The third-order valence-electron chi connectivity index (χ3n) is 4.02. The molecule has 3 nitrogen and oxygen atoms in total. The van der Waals surface area contributed by atoms with Crippen molar-refractivity contribution in [3.63, 3.8) is 0 Å². The number of rotatable bonds is 3. The fourth-order valence-electron chi connectivity index (χ4n) is 2.94. The SMILES string of the molecule is OC[C@@H]1c2ccccc2CCN1Cc1ccc(O)cc1. The summed E-state index contributed by atoms with van der Waals surface area (Å²) in [5.41, 5.74) is 3.73. The Morgan fingerprint density at radius 1 is 1.05 bits per heavy atom. The van der Waals surface area contributed by atoms with Crippen LogP contribution in [0.25, 0.3) is 0 Å². The van der Waals surface area contributed by atoms with Gasteiger partial charge in [-0.25, -0.2) is 0 Å². The van der Waals surface area contributed by atoms with Crippen molar-refractivity contribution in [3.05, 3.63) is 65.2 Å². The molecule has 2 aromatic rings. The molecular formula is C17H19NO2. The molecule has 0 unspecified atom stereocenters. The van der Waals surface area contributed by atoms with E-state index in [2.05, 4.69) is 23.1 Å². The van der Waals surface area contributed by atoms with E-state index in [1.165, 1.54) is 11.1 Å². The van der Waals surface area contributed by atoms with E-state index in [9.17, 15) is 10.2 Å². The highest BCUT2D eigenvalue weighted by Gasteiger charge is 2.26. The van der Waals surface area contributed by atoms with Gasteiger partial charge in [-0.05, 0) is 35.2 Å². The van der Waals surface area contributed by atoms with Crippen LogP contribution in [0.1, 0.15) is 22.7 Å². The molecular weight excluding hydrogens is 250 g/mol. The first-order chi connectivity index (χ1) is 9.78. The highest BCUT2D eigenvalue weighted by atomic mass is 16.3. The summed E-state index contributed by atoms with van der Waals surface area (Å²) in [6.45, 7) is 1.87. The van der Waals surface area contributed by atoms with Crippen LogP contribution in [0.3, 0.4) is 0 Å². The Bertz CT molecular complexity index is 580. The van der Waals surface area contributed by atoms with Crippen molar-refractivity contribution in [2.75, 3.05) is 13.2 Å². The summed E-state index contributed by atoms with van der Waals surface area (Å²) in [5.74, 6) is 0.288. The van der Waals surface area contributed by atoms with Crippen LogP contribution in [0.4, 0.5) is 0 Å². The van der Waals surface area contributed by atoms with Gasteiger partial charge >= 0.3 is 0 Å². The second-order valence-corrected chi connectivity index (χ2v) is 5.28. The molecule has 20 heavy (non-hydrogen) atoms. The van der Waals surface area contributed by atoms with E-state index in [-0.39, 0.29) is 18.4 Å². The summed E-state index contributed by atoms with van der Waals surface area (Å²) in [5, 5.41) is 19.1. The zero-order chi connectivity index (χ0) is 13.9. The third-order valence-corrected chi connectivity index (χ3v) is 4.02. The lowest BCUT2D eigenvalue weighted by Crippen LogP contribution is -2.36. The lowest BCUT2D eigenvalue weighted by atomic mass is 9.92. The van der Waals surface area contributed by atoms with Gasteiger partial charge in [-0.2, -0.15) is 0 Å². The van der Waals surface area contributed by atoms with Crippen molar-refractivity contribution in [2.45, 2.75) is 19.0 Å². The molecule has 0 amide bonds. The number of aliphatic hydroxyl groups is 1. The molecule has 2 N–H and O–H groups in total. The van der Waals surface area contributed by atoms with Crippen molar-refractivity contribution in [1.29, 1.82) is 0 Å². The topological polar surface area (TPSA) is 43.7 Å². The van der Waals surface area contributed by atoms with Crippen molar-refractivity contribution in [3.8, 4) is 5.75 Å². The van der Waals surface area contributed by atoms with Gasteiger partial charge in [0.1, 0.15) is 5.75 Å². The maximum atomic E-state index is 9.75. The number of phenolic OH excluding ortho intramolecular Hbond substituents is 1. The minimum Gasteiger partial charge on any atom is -0.508 e. The molecule has 3 rings (SSSR count). The largest absolute Gasteiger partial charge is 0.508 e. The quantitative estimate of drug-likeness (QED) is 0.899. The molecule has 3 heteroatoms. The Morgan fingerprint density at radius 3 is 2.55 bits per heavy atom. The van der Waals surface area contributed by atoms with Crippen molar-refractivity contribution in [1.82, 2.24) is 4.90 Å². The predicted octanol–water partition coefficient (Wildman–Crippen LogP) is 2.48. The van der Waals surface area contributed by atoms with Gasteiger partial charge in [0.05, 0.1) is 12.6 Å². The standard InChI is InChI=1S/C17H19NO2/c19-12-17-16-4-2-1-3-14(16)9-10-18(17)11-13-5-7-15(20)8-6-13/h1-8,17,19-20H,9-12H2/t17-/m1/s1. The van der Waals surface area contributed by atoms with Gasteiger partial charge in [0, 0.05) is 13.1 Å². The molecule has 0 saturated carbocycles. The smallest absolute Gasteiger partial charge is 0.115 e. The molecule has 0 saturated heterocycles. The van der Waals surface area contributed by atoms with E-state index >= 15 is 0 Å². The molecule has 1 atom stereocenters. The minimum atomic E-state index is 0.0637. The van der Waals surface area contributed by atoms with Crippen LogP contribution in [0.5, 0.6) is 5.75 Å². The zero-order valence-corrected chi connectivity index (χ0v) is 11.4. The first-order valence-corrected chi connectivity index (χ1v) is 6.98. The number of benzene rings is 2.